The molecule has 0 aliphatic rings. The zero-order valence-electron chi connectivity index (χ0n) is 13.5. The van der Waals surface area contributed by atoms with Crippen LogP contribution in [0, 0.1) is 10.1 Å². The Morgan fingerprint density at radius 2 is 1.78 bits per heavy atom. The van der Waals surface area contributed by atoms with Crippen LogP contribution in [0.2, 0.25) is 0 Å². The molecule has 0 saturated carbocycles. The van der Waals surface area contributed by atoms with Crippen molar-refractivity contribution in [2.75, 3.05) is 5.32 Å². The van der Waals surface area contributed by atoms with Gasteiger partial charge in [0.2, 0.25) is 0 Å². The van der Waals surface area contributed by atoms with Crippen LogP contribution < -0.4 is 5.32 Å². The molecule has 0 unspecified atom stereocenters. The van der Waals surface area contributed by atoms with Crippen molar-refractivity contribution in [3.05, 3.63) is 70.3 Å². The summed E-state index contributed by atoms with van der Waals surface area (Å²) in [6.07, 6.45) is 0. The Labute approximate surface area is 152 Å². The lowest BCUT2D eigenvalue weighted by Gasteiger charge is -2.12. The van der Waals surface area contributed by atoms with E-state index in [4.69, 9.17) is 0 Å². The summed E-state index contributed by atoms with van der Waals surface area (Å²) in [5.41, 5.74) is -0.389. The van der Waals surface area contributed by atoms with E-state index in [-0.39, 0.29) is 28.1 Å². The number of hydrogen-bond acceptors (Lipinski definition) is 6. The van der Waals surface area contributed by atoms with Gasteiger partial charge in [-0.15, -0.1) is 0 Å². The highest BCUT2D eigenvalue weighted by Crippen LogP contribution is 2.34. The Morgan fingerprint density at radius 1 is 1.07 bits per heavy atom. The number of benzene rings is 3. The number of non-ortho nitro benzene ring substituents is 1. The first-order valence-electron chi connectivity index (χ1n) is 7.46. The monoisotopic (exact) mass is 388 g/mol. The Bertz CT molecular complexity index is 1190. The summed E-state index contributed by atoms with van der Waals surface area (Å²) in [5, 5.41) is 24.0. The van der Waals surface area contributed by atoms with Gasteiger partial charge in [0.1, 0.15) is 5.75 Å². The van der Waals surface area contributed by atoms with Crippen LogP contribution in [-0.4, -0.2) is 28.9 Å². The number of nitro groups is 1. The van der Waals surface area contributed by atoms with E-state index >= 15 is 0 Å². The van der Waals surface area contributed by atoms with E-state index in [2.05, 4.69) is 5.32 Å². The van der Waals surface area contributed by atoms with E-state index in [1.54, 1.807) is 0 Å². The number of phenols is 1. The van der Waals surface area contributed by atoms with Crippen molar-refractivity contribution in [3.63, 3.8) is 0 Å². The number of carbonyl (C=O) groups excluding carboxylic acids is 1. The number of nitrogens with one attached hydrogen (secondary N) is 1. The molecule has 0 aliphatic carbocycles. The Kier molecular flexibility index (Phi) is 4.52. The number of anilines is 1. The fourth-order valence-corrected chi connectivity index (χ4v) is 3.03. The molecule has 27 heavy (non-hydrogen) atoms. The van der Waals surface area contributed by atoms with Crippen molar-refractivity contribution in [1.29, 1.82) is 0 Å². The smallest absolute Gasteiger partial charge is 0.294 e. The Hall–Kier alpha value is -3.50. The van der Waals surface area contributed by atoms with E-state index < -0.39 is 25.8 Å². The van der Waals surface area contributed by atoms with Crippen LogP contribution in [0.3, 0.4) is 0 Å². The molecule has 0 spiro atoms. The van der Waals surface area contributed by atoms with Gasteiger partial charge in [-0.25, -0.2) is 0 Å². The number of amides is 1. The summed E-state index contributed by atoms with van der Waals surface area (Å²) in [4.78, 5) is 22.2. The molecule has 3 N–H and O–H groups in total. The summed E-state index contributed by atoms with van der Waals surface area (Å²) >= 11 is 0. The minimum Gasteiger partial charge on any atom is -0.506 e. The van der Waals surface area contributed by atoms with Gasteiger partial charge >= 0.3 is 0 Å². The normalized spacial score (nSPS) is 11.3. The predicted octanol–water partition coefficient (Wildman–Crippen LogP) is 2.95. The maximum absolute atomic E-state index is 12.5. The highest BCUT2D eigenvalue weighted by molar-refractivity contribution is 7.85. The number of carbonyl (C=O) groups is 1. The first-order valence-corrected chi connectivity index (χ1v) is 8.90. The molecule has 10 heteroatoms. The van der Waals surface area contributed by atoms with Gasteiger partial charge in [-0.1, -0.05) is 18.2 Å². The highest BCUT2D eigenvalue weighted by atomic mass is 32.2. The first kappa shape index (κ1) is 18.3. The minimum atomic E-state index is -4.49. The number of fused-ring (bicyclic) bond motifs is 1. The minimum absolute atomic E-state index is 0.0217. The Balaban J connectivity index is 2.08. The van der Waals surface area contributed by atoms with E-state index in [9.17, 15) is 33.0 Å². The summed E-state index contributed by atoms with van der Waals surface area (Å²) in [7, 11) is -4.49. The van der Waals surface area contributed by atoms with Crippen LogP contribution in [0.5, 0.6) is 5.75 Å². The quantitative estimate of drug-likeness (QED) is 0.269. The second kappa shape index (κ2) is 6.67. The zero-order chi connectivity index (χ0) is 19.8. The van der Waals surface area contributed by atoms with Crippen LogP contribution >= 0.6 is 0 Å². The van der Waals surface area contributed by atoms with Crippen LogP contribution in [0.1, 0.15) is 10.4 Å². The molecule has 0 aromatic heterocycles. The molecule has 0 aliphatic heterocycles. The van der Waals surface area contributed by atoms with E-state index in [1.807, 2.05) is 0 Å². The molecule has 0 saturated heterocycles. The molecule has 0 radical (unpaired) electrons. The molecule has 0 atom stereocenters. The summed E-state index contributed by atoms with van der Waals surface area (Å²) in [6, 6.07) is 11.5. The second-order valence-corrected chi connectivity index (χ2v) is 7.00. The molecule has 138 valence electrons. The van der Waals surface area contributed by atoms with Gasteiger partial charge in [0.25, 0.3) is 21.7 Å². The average Bonchev–Trinajstić information content (AvgIpc) is 2.62. The third-order valence-corrected chi connectivity index (χ3v) is 4.68. The van der Waals surface area contributed by atoms with Crippen LogP contribution in [-0.2, 0) is 10.1 Å². The van der Waals surface area contributed by atoms with Gasteiger partial charge in [0.05, 0.1) is 15.5 Å². The van der Waals surface area contributed by atoms with Crippen molar-refractivity contribution in [1.82, 2.24) is 0 Å². The molecule has 0 heterocycles. The lowest BCUT2D eigenvalue weighted by atomic mass is 10.1. The van der Waals surface area contributed by atoms with E-state index in [0.29, 0.717) is 5.39 Å². The van der Waals surface area contributed by atoms with Gasteiger partial charge in [0.15, 0.2) is 0 Å². The van der Waals surface area contributed by atoms with Gasteiger partial charge in [0, 0.05) is 23.1 Å². The molecule has 0 fully saturated rings. The molecular weight excluding hydrogens is 376 g/mol. The van der Waals surface area contributed by atoms with Crippen molar-refractivity contribution in [2.24, 2.45) is 0 Å². The van der Waals surface area contributed by atoms with Gasteiger partial charge < -0.3 is 10.4 Å². The SMILES string of the molecule is O=C(Nc1c(O)ccc2ccc(S(=O)(=O)O)cc12)c1cccc([N+](=O)[O-])c1. The molecule has 9 nitrogen and oxygen atoms in total. The molecule has 3 aromatic rings. The first-order chi connectivity index (χ1) is 12.7. The molecule has 3 aromatic carbocycles. The number of hydrogen-bond donors (Lipinski definition) is 3. The number of nitrogens with zero attached hydrogens (tertiary/aromatic N) is 1. The summed E-state index contributed by atoms with van der Waals surface area (Å²) < 4.78 is 31.9. The molecule has 1 amide bonds. The largest absolute Gasteiger partial charge is 0.506 e. The van der Waals surface area contributed by atoms with Gasteiger partial charge in [-0.3, -0.25) is 19.5 Å². The standard InChI is InChI=1S/C17H12N2O7S/c20-15-7-5-10-4-6-13(27(24,25)26)9-14(10)16(15)18-17(21)11-2-1-3-12(8-11)19(22)23/h1-9,20H,(H,18,21)(H,24,25,26). The molecule has 0 bridgehead atoms. The maximum atomic E-state index is 12.5. The molecular formula is C17H12N2O7S. The molecule has 3 rings (SSSR count). The second-order valence-electron chi connectivity index (χ2n) is 5.58. The Morgan fingerprint density at radius 3 is 2.44 bits per heavy atom. The average molecular weight is 388 g/mol. The number of phenolic OH excluding ortho intramolecular Hbond substituents is 1. The number of aromatic hydroxyl groups is 1. The highest BCUT2D eigenvalue weighted by Gasteiger charge is 2.17. The van der Waals surface area contributed by atoms with Crippen molar-refractivity contribution in [2.45, 2.75) is 4.90 Å². The predicted molar refractivity (Wildman–Crippen MR) is 96.5 cm³/mol. The topological polar surface area (TPSA) is 147 Å². The third kappa shape index (κ3) is 3.71. The third-order valence-electron chi connectivity index (χ3n) is 3.83. The van der Waals surface area contributed by atoms with Crippen molar-refractivity contribution >= 4 is 38.2 Å². The summed E-state index contributed by atoms with van der Waals surface area (Å²) in [5.74, 6) is -1.08. The summed E-state index contributed by atoms with van der Waals surface area (Å²) in [6.45, 7) is 0. The number of nitro benzene ring substituents is 1. The lowest BCUT2D eigenvalue weighted by Crippen LogP contribution is -2.12. The lowest BCUT2D eigenvalue weighted by molar-refractivity contribution is -0.384. The fourth-order valence-electron chi connectivity index (χ4n) is 2.53. The van der Waals surface area contributed by atoms with E-state index in [0.717, 1.165) is 12.1 Å². The van der Waals surface area contributed by atoms with Gasteiger partial charge in [-0.2, -0.15) is 8.42 Å². The zero-order valence-corrected chi connectivity index (χ0v) is 14.3. The van der Waals surface area contributed by atoms with Crippen molar-refractivity contribution in [3.8, 4) is 5.75 Å². The maximum Gasteiger partial charge on any atom is 0.294 e. The van der Waals surface area contributed by atoms with E-state index in [1.165, 1.54) is 42.5 Å². The number of rotatable bonds is 4. The van der Waals surface area contributed by atoms with Crippen LogP contribution in [0.25, 0.3) is 10.8 Å². The van der Waals surface area contributed by atoms with Gasteiger partial charge in [-0.05, 0) is 29.7 Å². The van der Waals surface area contributed by atoms with Crippen LogP contribution in [0.4, 0.5) is 11.4 Å². The van der Waals surface area contributed by atoms with Crippen LogP contribution in [0.15, 0.2) is 59.5 Å². The fraction of sp³-hybridized carbons (Fsp3) is 0. The van der Waals surface area contributed by atoms with Crippen molar-refractivity contribution < 1.29 is 27.8 Å².